The van der Waals surface area contributed by atoms with Crippen LogP contribution in [0.1, 0.15) is 5.56 Å². The van der Waals surface area contributed by atoms with E-state index in [0.29, 0.717) is 5.13 Å². The molecule has 0 bridgehead atoms. The number of nitro benzene ring substituents is 1. The van der Waals surface area contributed by atoms with Gasteiger partial charge in [0.1, 0.15) is 5.75 Å². The average molecular weight is 433 g/mol. The topological polar surface area (TPSA) is 89.7 Å². The van der Waals surface area contributed by atoms with Gasteiger partial charge in [-0.3, -0.25) is 15.5 Å². The number of hydrogen-bond acceptors (Lipinski definition) is 7. The Morgan fingerprint density at radius 2 is 2.08 bits per heavy atom. The number of thiazole rings is 1. The standard InChI is InChI=1S/C17H13BrN4O3S/c1-25-16-7-2-11(8-14(16)18)9-19-21-17-20-15(10-26-17)12-3-5-13(6-4-12)22(23)24/h2-10H,1H3,(H,20,21). The molecule has 2 aromatic carbocycles. The Morgan fingerprint density at radius 1 is 1.31 bits per heavy atom. The lowest BCUT2D eigenvalue weighted by molar-refractivity contribution is -0.384. The maximum atomic E-state index is 10.7. The van der Waals surface area contributed by atoms with Gasteiger partial charge in [-0.25, -0.2) is 4.98 Å². The maximum absolute atomic E-state index is 10.7. The molecule has 0 aliphatic heterocycles. The maximum Gasteiger partial charge on any atom is 0.269 e. The number of hydrogen-bond donors (Lipinski definition) is 1. The summed E-state index contributed by atoms with van der Waals surface area (Å²) in [6.07, 6.45) is 1.68. The van der Waals surface area contributed by atoms with Crippen LogP contribution in [0.15, 0.2) is 57.4 Å². The fourth-order valence-electron chi connectivity index (χ4n) is 2.14. The molecule has 0 amide bonds. The van der Waals surface area contributed by atoms with Gasteiger partial charge in [0, 0.05) is 23.1 Å². The molecule has 9 heteroatoms. The van der Waals surface area contributed by atoms with Crippen molar-refractivity contribution in [3.63, 3.8) is 0 Å². The number of aromatic nitrogens is 1. The molecule has 1 heterocycles. The van der Waals surface area contributed by atoms with E-state index in [-0.39, 0.29) is 5.69 Å². The Labute approximate surface area is 161 Å². The number of nitrogens with zero attached hydrogens (tertiary/aromatic N) is 3. The number of rotatable bonds is 6. The van der Waals surface area contributed by atoms with Crippen molar-refractivity contribution in [3.05, 3.63) is 68.0 Å². The third-order valence-corrected chi connectivity index (χ3v) is 4.79. The molecule has 132 valence electrons. The van der Waals surface area contributed by atoms with Gasteiger partial charge in [0.05, 0.1) is 28.4 Å². The zero-order valence-corrected chi connectivity index (χ0v) is 16.0. The lowest BCUT2D eigenvalue weighted by Crippen LogP contribution is -1.91. The Bertz CT molecular complexity index is 957. The van der Waals surface area contributed by atoms with E-state index in [1.54, 1.807) is 25.5 Å². The van der Waals surface area contributed by atoms with Gasteiger partial charge in [0.25, 0.3) is 5.69 Å². The Balaban J connectivity index is 1.66. The Hall–Kier alpha value is -2.78. The Kier molecular flexibility index (Phi) is 5.59. The second kappa shape index (κ2) is 8.07. The van der Waals surface area contributed by atoms with Crippen LogP contribution in [0.5, 0.6) is 5.75 Å². The summed E-state index contributed by atoms with van der Waals surface area (Å²) >= 11 is 4.83. The highest BCUT2D eigenvalue weighted by Crippen LogP contribution is 2.27. The van der Waals surface area contributed by atoms with Gasteiger partial charge < -0.3 is 4.74 Å². The number of ether oxygens (including phenoxy) is 1. The summed E-state index contributed by atoms with van der Waals surface area (Å²) in [6.45, 7) is 0. The number of nitrogens with one attached hydrogen (secondary N) is 1. The van der Waals surface area contributed by atoms with Crippen LogP contribution in [0.4, 0.5) is 10.8 Å². The van der Waals surface area contributed by atoms with E-state index in [4.69, 9.17) is 4.74 Å². The molecule has 0 fully saturated rings. The molecule has 3 rings (SSSR count). The van der Waals surface area contributed by atoms with Crippen LogP contribution in [0.3, 0.4) is 0 Å². The first-order chi connectivity index (χ1) is 12.6. The van der Waals surface area contributed by atoms with Crippen molar-refractivity contribution in [2.45, 2.75) is 0 Å². The van der Waals surface area contributed by atoms with E-state index < -0.39 is 4.92 Å². The minimum Gasteiger partial charge on any atom is -0.496 e. The van der Waals surface area contributed by atoms with E-state index in [1.165, 1.54) is 23.5 Å². The monoisotopic (exact) mass is 432 g/mol. The molecule has 0 unspecified atom stereocenters. The molecule has 0 saturated heterocycles. The van der Waals surface area contributed by atoms with Crippen molar-refractivity contribution in [2.75, 3.05) is 12.5 Å². The van der Waals surface area contributed by atoms with Gasteiger partial charge in [-0.15, -0.1) is 11.3 Å². The van der Waals surface area contributed by atoms with E-state index in [2.05, 4.69) is 31.4 Å². The van der Waals surface area contributed by atoms with Crippen molar-refractivity contribution in [1.29, 1.82) is 0 Å². The Morgan fingerprint density at radius 3 is 2.73 bits per heavy atom. The highest BCUT2D eigenvalue weighted by Gasteiger charge is 2.08. The van der Waals surface area contributed by atoms with E-state index in [0.717, 1.165) is 27.0 Å². The third kappa shape index (κ3) is 4.24. The van der Waals surface area contributed by atoms with Crippen LogP contribution in [-0.2, 0) is 0 Å². The minimum absolute atomic E-state index is 0.0533. The molecular formula is C17H13BrN4O3S. The summed E-state index contributed by atoms with van der Waals surface area (Å²) in [5, 5.41) is 17.4. The highest BCUT2D eigenvalue weighted by atomic mass is 79.9. The number of non-ortho nitro benzene ring substituents is 1. The summed E-state index contributed by atoms with van der Waals surface area (Å²) in [6, 6.07) is 11.9. The van der Waals surface area contributed by atoms with Gasteiger partial charge in [-0.2, -0.15) is 5.10 Å². The lowest BCUT2D eigenvalue weighted by Gasteiger charge is -2.03. The van der Waals surface area contributed by atoms with Gasteiger partial charge in [-0.1, -0.05) is 0 Å². The summed E-state index contributed by atoms with van der Waals surface area (Å²) in [5.74, 6) is 0.753. The average Bonchev–Trinajstić information content (AvgIpc) is 3.11. The normalized spacial score (nSPS) is 10.8. The number of hydrazone groups is 1. The van der Waals surface area contributed by atoms with Crippen molar-refractivity contribution < 1.29 is 9.66 Å². The second-order valence-corrected chi connectivity index (χ2v) is 6.82. The van der Waals surface area contributed by atoms with E-state index >= 15 is 0 Å². The van der Waals surface area contributed by atoms with Crippen LogP contribution in [0.25, 0.3) is 11.3 Å². The van der Waals surface area contributed by atoms with Gasteiger partial charge >= 0.3 is 0 Å². The first-order valence-corrected chi connectivity index (χ1v) is 9.07. The molecule has 0 aliphatic carbocycles. The predicted molar refractivity (Wildman–Crippen MR) is 106 cm³/mol. The smallest absolute Gasteiger partial charge is 0.269 e. The third-order valence-electron chi connectivity index (χ3n) is 3.43. The summed E-state index contributed by atoms with van der Waals surface area (Å²) in [5.41, 5.74) is 5.38. The summed E-state index contributed by atoms with van der Waals surface area (Å²) in [4.78, 5) is 14.7. The largest absolute Gasteiger partial charge is 0.496 e. The molecule has 0 atom stereocenters. The van der Waals surface area contributed by atoms with Crippen molar-refractivity contribution in [2.24, 2.45) is 5.10 Å². The summed E-state index contributed by atoms with van der Waals surface area (Å²) in [7, 11) is 1.61. The fourth-order valence-corrected chi connectivity index (χ4v) is 3.36. The molecule has 3 aromatic rings. The predicted octanol–water partition coefficient (Wildman–Crippen LogP) is 4.94. The SMILES string of the molecule is COc1ccc(C=NNc2nc(-c3ccc([N+](=O)[O-])cc3)cs2)cc1Br. The minimum atomic E-state index is -0.427. The molecule has 0 saturated carbocycles. The second-order valence-electron chi connectivity index (χ2n) is 5.11. The van der Waals surface area contributed by atoms with E-state index in [1.807, 2.05) is 23.6 Å². The molecule has 0 aliphatic rings. The quantitative estimate of drug-likeness (QED) is 0.338. The van der Waals surface area contributed by atoms with Crippen LogP contribution in [-0.4, -0.2) is 23.2 Å². The van der Waals surface area contributed by atoms with Gasteiger partial charge in [0.15, 0.2) is 0 Å². The van der Waals surface area contributed by atoms with E-state index in [9.17, 15) is 10.1 Å². The first-order valence-electron chi connectivity index (χ1n) is 7.40. The van der Waals surface area contributed by atoms with Crippen LogP contribution >= 0.6 is 27.3 Å². The van der Waals surface area contributed by atoms with Crippen molar-refractivity contribution >= 4 is 44.3 Å². The number of halogens is 1. The molecule has 26 heavy (non-hydrogen) atoms. The van der Waals surface area contributed by atoms with Crippen molar-refractivity contribution in [1.82, 2.24) is 4.98 Å². The zero-order valence-electron chi connectivity index (χ0n) is 13.5. The van der Waals surface area contributed by atoms with Crippen molar-refractivity contribution in [3.8, 4) is 17.0 Å². The van der Waals surface area contributed by atoms with Crippen LogP contribution in [0.2, 0.25) is 0 Å². The molecule has 1 N–H and O–H groups in total. The van der Waals surface area contributed by atoms with Gasteiger partial charge in [0.2, 0.25) is 5.13 Å². The number of anilines is 1. The molecule has 1 aromatic heterocycles. The molecule has 0 spiro atoms. The lowest BCUT2D eigenvalue weighted by atomic mass is 10.1. The zero-order chi connectivity index (χ0) is 18.5. The number of nitro groups is 1. The van der Waals surface area contributed by atoms with Crippen LogP contribution in [0, 0.1) is 10.1 Å². The molecule has 0 radical (unpaired) electrons. The number of methoxy groups -OCH3 is 1. The first kappa shape index (κ1) is 18.0. The van der Waals surface area contributed by atoms with Crippen LogP contribution < -0.4 is 10.2 Å². The fraction of sp³-hybridized carbons (Fsp3) is 0.0588. The highest BCUT2D eigenvalue weighted by molar-refractivity contribution is 9.10. The molecular weight excluding hydrogens is 420 g/mol. The number of benzene rings is 2. The molecule has 7 nitrogen and oxygen atoms in total. The van der Waals surface area contributed by atoms with Gasteiger partial charge in [-0.05, 0) is 51.8 Å². The summed E-state index contributed by atoms with van der Waals surface area (Å²) < 4.78 is 6.03.